The van der Waals surface area contributed by atoms with E-state index in [2.05, 4.69) is 0 Å². The maximum atomic E-state index is 13.0. The summed E-state index contributed by atoms with van der Waals surface area (Å²) in [5, 5.41) is 0. The Balaban J connectivity index is 1.73. The van der Waals surface area contributed by atoms with E-state index < -0.39 is 0 Å². The van der Waals surface area contributed by atoms with Gasteiger partial charge in [-0.2, -0.15) is 0 Å². The van der Waals surface area contributed by atoms with Gasteiger partial charge in [0.15, 0.2) is 0 Å². The zero-order chi connectivity index (χ0) is 19.2. The number of carbonyl (C=O) groups is 2. The lowest BCUT2D eigenvalue weighted by atomic mass is 10.1. The molecular formula is C21H24N2O4. The fourth-order valence-electron chi connectivity index (χ4n) is 3.24. The molecule has 0 radical (unpaired) electrons. The number of hydrogen-bond donors (Lipinski definition) is 0. The maximum Gasteiger partial charge on any atom is 0.257 e. The highest BCUT2D eigenvalue weighted by Gasteiger charge is 2.25. The van der Waals surface area contributed by atoms with Gasteiger partial charge < -0.3 is 19.3 Å². The number of rotatable bonds is 4. The topological polar surface area (TPSA) is 59.1 Å². The monoisotopic (exact) mass is 368 g/mol. The first-order valence-electron chi connectivity index (χ1n) is 8.99. The number of methoxy groups -OCH3 is 2. The zero-order valence-electron chi connectivity index (χ0n) is 15.7. The van der Waals surface area contributed by atoms with Gasteiger partial charge in [-0.3, -0.25) is 9.59 Å². The first kappa shape index (κ1) is 18.8. The molecule has 0 atom stereocenters. The molecule has 2 aromatic rings. The molecule has 0 N–H and O–H groups in total. The van der Waals surface area contributed by atoms with E-state index in [1.165, 1.54) is 0 Å². The van der Waals surface area contributed by atoms with Gasteiger partial charge in [-0.15, -0.1) is 0 Å². The average molecular weight is 368 g/mol. The molecule has 0 aromatic heterocycles. The zero-order valence-corrected chi connectivity index (χ0v) is 15.7. The number of nitrogens with zero attached hydrogens (tertiary/aromatic N) is 2. The smallest absolute Gasteiger partial charge is 0.257 e. The largest absolute Gasteiger partial charge is 0.497 e. The number of amides is 2. The van der Waals surface area contributed by atoms with Crippen molar-refractivity contribution in [2.24, 2.45) is 0 Å². The van der Waals surface area contributed by atoms with Gasteiger partial charge in [0.1, 0.15) is 11.5 Å². The summed E-state index contributed by atoms with van der Waals surface area (Å²) in [5.74, 6) is 1.01. The lowest BCUT2D eigenvalue weighted by molar-refractivity contribution is 0.0716. The van der Waals surface area contributed by atoms with Crippen LogP contribution in [0.2, 0.25) is 0 Å². The van der Waals surface area contributed by atoms with E-state index >= 15 is 0 Å². The van der Waals surface area contributed by atoms with Gasteiger partial charge in [-0.25, -0.2) is 0 Å². The van der Waals surface area contributed by atoms with Crippen LogP contribution in [0.15, 0.2) is 48.5 Å². The molecule has 2 amide bonds. The Morgan fingerprint density at radius 1 is 0.815 bits per heavy atom. The predicted molar refractivity (Wildman–Crippen MR) is 102 cm³/mol. The van der Waals surface area contributed by atoms with Crippen LogP contribution in [0, 0.1) is 0 Å². The van der Waals surface area contributed by atoms with Gasteiger partial charge in [0.05, 0.1) is 19.8 Å². The highest BCUT2D eigenvalue weighted by Crippen LogP contribution is 2.25. The van der Waals surface area contributed by atoms with E-state index in [-0.39, 0.29) is 11.8 Å². The SMILES string of the molecule is COc1ccc(OC)c(C(=O)N2CCCN(C(=O)c3ccccc3)CC2)c1. The van der Waals surface area contributed by atoms with Crippen molar-refractivity contribution in [1.29, 1.82) is 0 Å². The quantitative estimate of drug-likeness (QED) is 0.833. The van der Waals surface area contributed by atoms with E-state index in [1.807, 2.05) is 35.2 Å². The van der Waals surface area contributed by atoms with E-state index in [0.717, 1.165) is 6.42 Å². The second-order valence-electron chi connectivity index (χ2n) is 6.37. The molecule has 3 rings (SSSR count). The lowest BCUT2D eigenvalue weighted by Crippen LogP contribution is -2.37. The first-order valence-corrected chi connectivity index (χ1v) is 8.99. The third kappa shape index (κ3) is 4.22. The van der Waals surface area contributed by atoms with Crippen LogP contribution in [0.1, 0.15) is 27.1 Å². The molecule has 142 valence electrons. The van der Waals surface area contributed by atoms with Gasteiger partial charge in [0, 0.05) is 31.7 Å². The van der Waals surface area contributed by atoms with Crippen molar-refractivity contribution in [2.45, 2.75) is 6.42 Å². The molecule has 0 saturated carbocycles. The Kier molecular flexibility index (Phi) is 5.96. The van der Waals surface area contributed by atoms with Crippen molar-refractivity contribution in [3.63, 3.8) is 0 Å². The minimum atomic E-state index is -0.111. The molecule has 0 bridgehead atoms. The minimum absolute atomic E-state index is 0.00357. The highest BCUT2D eigenvalue weighted by molar-refractivity contribution is 5.97. The lowest BCUT2D eigenvalue weighted by Gasteiger charge is -2.23. The number of ether oxygens (including phenoxy) is 2. The highest BCUT2D eigenvalue weighted by atomic mass is 16.5. The summed E-state index contributed by atoms with van der Waals surface area (Å²) >= 11 is 0. The van der Waals surface area contributed by atoms with Gasteiger partial charge in [0.25, 0.3) is 11.8 Å². The minimum Gasteiger partial charge on any atom is -0.497 e. The second kappa shape index (κ2) is 8.58. The van der Waals surface area contributed by atoms with Crippen molar-refractivity contribution < 1.29 is 19.1 Å². The van der Waals surface area contributed by atoms with Gasteiger partial charge >= 0.3 is 0 Å². The molecule has 1 fully saturated rings. The Hall–Kier alpha value is -3.02. The van der Waals surface area contributed by atoms with Gasteiger partial charge in [-0.05, 0) is 36.8 Å². The van der Waals surface area contributed by atoms with Crippen molar-refractivity contribution in [2.75, 3.05) is 40.4 Å². The Morgan fingerprint density at radius 3 is 2.11 bits per heavy atom. The summed E-state index contributed by atoms with van der Waals surface area (Å²) in [5.41, 5.74) is 1.14. The number of carbonyl (C=O) groups excluding carboxylic acids is 2. The Labute approximate surface area is 159 Å². The van der Waals surface area contributed by atoms with Crippen molar-refractivity contribution in [1.82, 2.24) is 9.80 Å². The maximum absolute atomic E-state index is 13.0. The van der Waals surface area contributed by atoms with E-state index in [1.54, 1.807) is 37.3 Å². The molecule has 27 heavy (non-hydrogen) atoms. The van der Waals surface area contributed by atoms with Crippen LogP contribution in [0.25, 0.3) is 0 Å². The van der Waals surface area contributed by atoms with E-state index in [9.17, 15) is 9.59 Å². The van der Waals surface area contributed by atoms with Crippen LogP contribution in [0.4, 0.5) is 0 Å². The van der Waals surface area contributed by atoms with Crippen molar-refractivity contribution in [3.05, 3.63) is 59.7 Å². The summed E-state index contributed by atoms with van der Waals surface area (Å²) < 4.78 is 10.6. The van der Waals surface area contributed by atoms with Gasteiger partial charge in [-0.1, -0.05) is 18.2 Å². The molecular weight excluding hydrogens is 344 g/mol. The first-order chi connectivity index (χ1) is 13.1. The fourth-order valence-corrected chi connectivity index (χ4v) is 3.24. The Bertz CT molecular complexity index is 807. The van der Waals surface area contributed by atoms with Crippen LogP contribution in [-0.4, -0.2) is 62.0 Å². The molecule has 2 aromatic carbocycles. The molecule has 1 saturated heterocycles. The normalized spacial score (nSPS) is 14.4. The van der Waals surface area contributed by atoms with Gasteiger partial charge in [0.2, 0.25) is 0 Å². The third-order valence-electron chi connectivity index (χ3n) is 4.73. The molecule has 1 aliphatic heterocycles. The fraction of sp³-hybridized carbons (Fsp3) is 0.333. The second-order valence-corrected chi connectivity index (χ2v) is 6.37. The molecule has 0 aliphatic carbocycles. The molecule has 0 spiro atoms. The third-order valence-corrected chi connectivity index (χ3v) is 4.73. The van der Waals surface area contributed by atoms with Crippen molar-refractivity contribution >= 4 is 11.8 Å². The van der Waals surface area contributed by atoms with E-state index in [0.29, 0.717) is 48.8 Å². The van der Waals surface area contributed by atoms with Crippen molar-refractivity contribution in [3.8, 4) is 11.5 Å². The average Bonchev–Trinajstić information content (AvgIpc) is 2.99. The van der Waals surface area contributed by atoms with Crippen LogP contribution >= 0.6 is 0 Å². The number of hydrogen-bond acceptors (Lipinski definition) is 4. The molecule has 1 aliphatic rings. The van der Waals surface area contributed by atoms with Crippen LogP contribution in [0.5, 0.6) is 11.5 Å². The molecule has 0 unspecified atom stereocenters. The van der Waals surface area contributed by atoms with E-state index in [4.69, 9.17) is 9.47 Å². The Morgan fingerprint density at radius 2 is 1.48 bits per heavy atom. The number of benzene rings is 2. The predicted octanol–water partition coefficient (Wildman–Crippen LogP) is 2.69. The molecule has 1 heterocycles. The van der Waals surface area contributed by atoms with Crippen LogP contribution in [-0.2, 0) is 0 Å². The summed E-state index contributed by atoms with van der Waals surface area (Å²) in [4.78, 5) is 29.3. The summed E-state index contributed by atoms with van der Waals surface area (Å²) in [6, 6.07) is 14.4. The van der Waals surface area contributed by atoms with Crippen LogP contribution < -0.4 is 9.47 Å². The summed E-state index contributed by atoms with van der Waals surface area (Å²) in [6.07, 6.45) is 0.733. The van der Waals surface area contributed by atoms with Crippen LogP contribution in [0.3, 0.4) is 0 Å². The molecule has 6 heteroatoms. The molecule has 6 nitrogen and oxygen atoms in total. The standard InChI is InChI=1S/C21H24N2O4/c1-26-17-9-10-19(27-2)18(15-17)21(25)23-12-6-11-22(13-14-23)20(24)16-7-4-3-5-8-16/h3-5,7-10,15H,6,11-14H2,1-2H3. The summed E-state index contributed by atoms with van der Waals surface area (Å²) in [7, 11) is 3.11. The summed E-state index contributed by atoms with van der Waals surface area (Å²) in [6.45, 7) is 2.22.